The molecule has 14 heavy (non-hydrogen) atoms. The van der Waals surface area contributed by atoms with Crippen LogP contribution in [-0.2, 0) is 4.79 Å². The molecule has 3 N–H and O–H groups in total. The Morgan fingerprint density at radius 2 is 2.29 bits per heavy atom. The van der Waals surface area contributed by atoms with Gasteiger partial charge in [0.2, 0.25) is 5.91 Å². The highest BCUT2D eigenvalue weighted by molar-refractivity contribution is 5.77. The minimum absolute atomic E-state index is 0.207. The number of carbonyl (C=O) groups is 1. The Bertz CT molecular complexity index is 176. The fraction of sp³-hybridized carbons (Fsp3) is 0.900. The highest BCUT2D eigenvalue weighted by Gasteiger charge is 2.21. The smallest absolute Gasteiger partial charge is 0.221 e. The number of nitrogens with one attached hydrogen (secondary N) is 3. The van der Waals surface area contributed by atoms with Gasteiger partial charge in [0.05, 0.1) is 0 Å². The SMILES string of the molecule is O=C(CC1CCCN1)NC1CCNC1. The summed E-state index contributed by atoms with van der Waals surface area (Å²) in [6.07, 6.45) is 4.08. The van der Waals surface area contributed by atoms with Gasteiger partial charge < -0.3 is 16.0 Å². The van der Waals surface area contributed by atoms with Crippen LogP contribution in [0.5, 0.6) is 0 Å². The Morgan fingerprint density at radius 1 is 1.36 bits per heavy atom. The van der Waals surface area contributed by atoms with Crippen LogP contribution in [0, 0.1) is 0 Å². The summed E-state index contributed by atoms with van der Waals surface area (Å²) in [7, 11) is 0. The molecule has 4 heteroatoms. The molecule has 2 heterocycles. The zero-order chi connectivity index (χ0) is 9.80. The molecule has 2 atom stereocenters. The van der Waals surface area contributed by atoms with Gasteiger partial charge in [-0.05, 0) is 32.4 Å². The largest absolute Gasteiger partial charge is 0.352 e. The van der Waals surface area contributed by atoms with Crippen molar-refractivity contribution in [3.63, 3.8) is 0 Å². The van der Waals surface area contributed by atoms with E-state index in [2.05, 4.69) is 16.0 Å². The van der Waals surface area contributed by atoms with Crippen LogP contribution in [0.1, 0.15) is 25.7 Å². The van der Waals surface area contributed by atoms with Crippen LogP contribution in [0.4, 0.5) is 0 Å². The second-order valence-corrected chi connectivity index (χ2v) is 4.25. The number of hydrogen-bond donors (Lipinski definition) is 3. The maximum Gasteiger partial charge on any atom is 0.221 e. The molecule has 0 bridgehead atoms. The number of hydrogen-bond acceptors (Lipinski definition) is 3. The first kappa shape index (κ1) is 9.93. The topological polar surface area (TPSA) is 53.2 Å². The van der Waals surface area contributed by atoms with Crippen molar-refractivity contribution < 1.29 is 4.79 Å². The molecule has 0 aromatic heterocycles. The van der Waals surface area contributed by atoms with Crippen LogP contribution in [0.15, 0.2) is 0 Å². The lowest BCUT2D eigenvalue weighted by Crippen LogP contribution is -2.39. The van der Waals surface area contributed by atoms with Crippen molar-refractivity contribution in [1.29, 1.82) is 0 Å². The van der Waals surface area contributed by atoms with E-state index in [9.17, 15) is 4.79 Å². The van der Waals surface area contributed by atoms with Crippen molar-refractivity contribution in [1.82, 2.24) is 16.0 Å². The third-order valence-electron chi connectivity index (χ3n) is 3.02. The van der Waals surface area contributed by atoms with E-state index in [1.54, 1.807) is 0 Å². The molecular weight excluding hydrogens is 178 g/mol. The highest BCUT2D eigenvalue weighted by atomic mass is 16.1. The van der Waals surface area contributed by atoms with Crippen LogP contribution >= 0.6 is 0 Å². The fourth-order valence-corrected chi connectivity index (χ4v) is 2.22. The molecule has 0 radical (unpaired) electrons. The van der Waals surface area contributed by atoms with Gasteiger partial charge in [0.1, 0.15) is 0 Å². The fourth-order valence-electron chi connectivity index (χ4n) is 2.22. The van der Waals surface area contributed by atoms with Crippen LogP contribution in [-0.4, -0.2) is 37.6 Å². The summed E-state index contributed by atoms with van der Waals surface area (Å²) in [5.41, 5.74) is 0. The van der Waals surface area contributed by atoms with Crippen molar-refractivity contribution in [2.45, 2.75) is 37.8 Å². The molecule has 0 aromatic carbocycles. The van der Waals surface area contributed by atoms with Gasteiger partial charge in [-0.1, -0.05) is 0 Å². The minimum Gasteiger partial charge on any atom is -0.352 e. The molecule has 1 amide bonds. The molecule has 2 saturated heterocycles. The van der Waals surface area contributed by atoms with Gasteiger partial charge in [0, 0.05) is 25.0 Å². The van der Waals surface area contributed by atoms with E-state index in [4.69, 9.17) is 0 Å². The molecule has 2 rings (SSSR count). The molecule has 2 aliphatic heterocycles. The van der Waals surface area contributed by atoms with E-state index in [-0.39, 0.29) is 5.91 Å². The molecule has 0 saturated carbocycles. The predicted octanol–water partition coefficient (Wildman–Crippen LogP) is -0.393. The molecular formula is C10H19N3O. The van der Waals surface area contributed by atoms with E-state index >= 15 is 0 Å². The summed E-state index contributed by atoms with van der Waals surface area (Å²) in [5.74, 6) is 0.207. The number of carbonyl (C=O) groups excluding carboxylic acids is 1. The second kappa shape index (κ2) is 4.75. The van der Waals surface area contributed by atoms with E-state index in [0.717, 1.165) is 32.5 Å². The third kappa shape index (κ3) is 2.69. The van der Waals surface area contributed by atoms with Crippen molar-refractivity contribution in [2.24, 2.45) is 0 Å². The lowest BCUT2D eigenvalue weighted by atomic mass is 10.1. The van der Waals surface area contributed by atoms with Gasteiger partial charge in [0.15, 0.2) is 0 Å². The van der Waals surface area contributed by atoms with Crippen LogP contribution in [0.3, 0.4) is 0 Å². The quantitative estimate of drug-likeness (QED) is 0.577. The molecule has 0 aliphatic carbocycles. The lowest BCUT2D eigenvalue weighted by Gasteiger charge is -2.14. The Hall–Kier alpha value is -0.610. The molecule has 4 nitrogen and oxygen atoms in total. The van der Waals surface area contributed by atoms with Gasteiger partial charge in [-0.2, -0.15) is 0 Å². The first-order valence-corrected chi connectivity index (χ1v) is 5.58. The third-order valence-corrected chi connectivity index (χ3v) is 3.02. The molecule has 2 fully saturated rings. The molecule has 80 valence electrons. The second-order valence-electron chi connectivity index (χ2n) is 4.25. The van der Waals surface area contributed by atoms with E-state index in [0.29, 0.717) is 18.5 Å². The maximum absolute atomic E-state index is 11.6. The van der Waals surface area contributed by atoms with Crippen LogP contribution in [0.2, 0.25) is 0 Å². The lowest BCUT2D eigenvalue weighted by molar-refractivity contribution is -0.122. The Kier molecular flexibility index (Phi) is 3.37. The first-order chi connectivity index (χ1) is 6.84. The molecule has 2 aliphatic rings. The number of rotatable bonds is 3. The standard InChI is InChI=1S/C10H19N3O/c14-10(6-8-2-1-4-12-8)13-9-3-5-11-7-9/h8-9,11-12H,1-7H2,(H,13,14). The van der Waals surface area contributed by atoms with E-state index < -0.39 is 0 Å². The minimum atomic E-state index is 0.207. The van der Waals surface area contributed by atoms with Crippen LogP contribution < -0.4 is 16.0 Å². The maximum atomic E-state index is 11.6. The Morgan fingerprint density at radius 3 is 2.93 bits per heavy atom. The summed E-state index contributed by atoms with van der Waals surface area (Å²) in [5, 5.41) is 9.64. The van der Waals surface area contributed by atoms with Gasteiger partial charge in [-0.3, -0.25) is 4.79 Å². The predicted molar refractivity (Wildman–Crippen MR) is 55.1 cm³/mol. The summed E-state index contributed by atoms with van der Waals surface area (Å²) in [4.78, 5) is 11.6. The van der Waals surface area contributed by atoms with E-state index in [1.807, 2.05) is 0 Å². The number of amides is 1. The zero-order valence-electron chi connectivity index (χ0n) is 8.51. The van der Waals surface area contributed by atoms with E-state index in [1.165, 1.54) is 6.42 Å². The molecule has 0 aromatic rings. The Balaban J connectivity index is 1.66. The summed E-state index contributed by atoms with van der Waals surface area (Å²) in [6.45, 7) is 3.04. The summed E-state index contributed by atoms with van der Waals surface area (Å²) in [6, 6.07) is 0.785. The molecule has 2 unspecified atom stereocenters. The highest BCUT2D eigenvalue weighted by Crippen LogP contribution is 2.08. The summed E-state index contributed by atoms with van der Waals surface area (Å²) < 4.78 is 0. The first-order valence-electron chi connectivity index (χ1n) is 5.58. The van der Waals surface area contributed by atoms with Gasteiger partial charge in [-0.25, -0.2) is 0 Å². The normalized spacial score (nSPS) is 32.0. The molecule has 0 spiro atoms. The van der Waals surface area contributed by atoms with Gasteiger partial charge >= 0.3 is 0 Å². The van der Waals surface area contributed by atoms with Crippen molar-refractivity contribution in [3.8, 4) is 0 Å². The zero-order valence-corrected chi connectivity index (χ0v) is 8.51. The van der Waals surface area contributed by atoms with Gasteiger partial charge in [-0.15, -0.1) is 0 Å². The Labute approximate surface area is 84.8 Å². The van der Waals surface area contributed by atoms with Crippen molar-refractivity contribution >= 4 is 5.91 Å². The average Bonchev–Trinajstić information content (AvgIpc) is 2.76. The van der Waals surface area contributed by atoms with Crippen molar-refractivity contribution in [3.05, 3.63) is 0 Å². The monoisotopic (exact) mass is 197 g/mol. The summed E-state index contributed by atoms with van der Waals surface area (Å²) >= 11 is 0. The average molecular weight is 197 g/mol. The van der Waals surface area contributed by atoms with Crippen LogP contribution in [0.25, 0.3) is 0 Å². The van der Waals surface area contributed by atoms with Crippen molar-refractivity contribution in [2.75, 3.05) is 19.6 Å². The van der Waals surface area contributed by atoms with Gasteiger partial charge in [0.25, 0.3) is 0 Å².